The Bertz CT molecular complexity index is 914. The Morgan fingerprint density at radius 3 is 2.61 bits per heavy atom. The first-order valence-corrected chi connectivity index (χ1v) is 8.82. The SMILES string of the molecule is C\N=C/C=C\C=C\C(=N)/C=C(\NCc1ccccc1F)c1ccccc1OC. The molecule has 2 aromatic carbocycles. The minimum absolute atomic E-state index is 0.271. The number of allylic oxidation sites excluding steroid dienone is 5. The molecule has 0 amide bonds. The summed E-state index contributed by atoms with van der Waals surface area (Å²) in [4.78, 5) is 3.85. The number of methoxy groups -OCH3 is 1. The van der Waals surface area contributed by atoms with E-state index in [-0.39, 0.29) is 5.82 Å². The summed E-state index contributed by atoms with van der Waals surface area (Å²) in [6.07, 6.45) is 10.4. The second kappa shape index (κ2) is 11.3. The lowest BCUT2D eigenvalue weighted by atomic mass is 10.1. The molecule has 0 radical (unpaired) electrons. The molecule has 0 fully saturated rings. The molecule has 0 atom stereocenters. The van der Waals surface area contributed by atoms with E-state index in [1.54, 1.807) is 69.0 Å². The highest BCUT2D eigenvalue weighted by Gasteiger charge is 2.09. The summed E-state index contributed by atoms with van der Waals surface area (Å²) in [5.41, 5.74) is 2.31. The largest absolute Gasteiger partial charge is 0.496 e. The Balaban J connectivity index is 2.27. The molecule has 144 valence electrons. The summed E-state index contributed by atoms with van der Waals surface area (Å²) >= 11 is 0. The van der Waals surface area contributed by atoms with E-state index in [0.717, 1.165) is 5.56 Å². The summed E-state index contributed by atoms with van der Waals surface area (Å²) in [5, 5.41) is 11.5. The molecule has 5 heteroatoms. The molecule has 0 saturated carbocycles. The molecule has 0 bridgehead atoms. The van der Waals surface area contributed by atoms with Gasteiger partial charge in [0.15, 0.2) is 0 Å². The van der Waals surface area contributed by atoms with Gasteiger partial charge >= 0.3 is 0 Å². The predicted octanol–water partition coefficient (Wildman–Crippen LogP) is 4.80. The quantitative estimate of drug-likeness (QED) is 0.487. The van der Waals surface area contributed by atoms with Crippen molar-refractivity contribution in [3.05, 3.63) is 95.9 Å². The Kier molecular flexibility index (Phi) is 8.40. The minimum Gasteiger partial charge on any atom is -0.496 e. The first-order valence-electron chi connectivity index (χ1n) is 8.82. The number of nitrogens with zero attached hydrogens (tertiary/aromatic N) is 1. The lowest BCUT2D eigenvalue weighted by Crippen LogP contribution is -2.14. The number of hydrogen-bond acceptors (Lipinski definition) is 4. The Labute approximate surface area is 165 Å². The number of aliphatic imine (C=N–C) groups is 1. The monoisotopic (exact) mass is 377 g/mol. The molecule has 28 heavy (non-hydrogen) atoms. The summed E-state index contributed by atoms with van der Waals surface area (Å²) < 4.78 is 19.4. The highest BCUT2D eigenvalue weighted by atomic mass is 19.1. The van der Waals surface area contributed by atoms with Crippen LogP contribution in [-0.4, -0.2) is 26.1 Å². The van der Waals surface area contributed by atoms with E-state index < -0.39 is 0 Å². The lowest BCUT2D eigenvalue weighted by molar-refractivity contribution is 0.413. The number of halogens is 1. The van der Waals surface area contributed by atoms with Gasteiger partial charge in [0.1, 0.15) is 11.6 Å². The van der Waals surface area contributed by atoms with Gasteiger partial charge in [-0.1, -0.05) is 42.5 Å². The molecule has 0 spiro atoms. The molecule has 0 unspecified atom stereocenters. The van der Waals surface area contributed by atoms with Gasteiger partial charge in [-0.25, -0.2) is 4.39 Å². The maximum atomic E-state index is 14.0. The zero-order valence-corrected chi connectivity index (χ0v) is 16.0. The van der Waals surface area contributed by atoms with Gasteiger partial charge in [0, 0.05) is 36.6 Å². The van der Waals surface area contributed by atoms with Gasteiger partial charge < -0.3 is 15.5 Å². The van der Waals surface area contributed by atoms with Crippen LogP contribution in [0.25, 0.3) is 5.70 Å². The molecule has 0 aliphatic heterocycles. The molecule has 0 saturated heterocycles. The van der Waals surface area contributed by atoms with E-state index in [2.05, 4.69) is 10.3 Å². The van der Waals surface area contributed by atoms with Crippen LogP contribution in [0.2, 0.25) is 0 Å². The van der Waals surface area contributed by atoms with Crippen LogP contribution < -0.4 is 10.1 Å². The van der Waals surface area contributed by atoms with Crippen LogP contribution in [0.1, 0.15) is 11.1 Å². The molecule has 4 nitrogen and oxygen atoms in total. The Morgan fingerprint density at radius 1 is 1.11 bits per heavy atom. The summed E-state index contributed by atoms with van der Waals surface area (Å²) in [7, 11) is 3.29. The number of rotatable bonds is 9. The van der Waals surface area contributed by atoms with Gasteiger partial charge in [0.05, 0.1) is 12.8 Å². The number of hydrogen-bond donors (Lipinski definition) is 2. The van der Waals surface area contributed by atoms with Crippen molar-refractivity contribution in [2.24, 2.45) is 4.99 Å². The van der Waals surface area contributed by atoms with Crippen molar-refractivity contribution in [1.82, 2.24) is 5.32 Å². The third kappa shape index (κ3) is 6.36. The normalized spacial score (nSPS) is 12.2. The van der Waals surface area contributed by atoms with E-state index in [9.17, 15) is 4.39 Å². The van der Waals surface area contributed by atoms with Crippen LogP contribution in [0.4, 0.5) is 4.39 Å². The van der Waals surface area contributed by atoms with Crippen molar-refractivity contribution in [3.8, 4) is 5.75 Å². The van der Waals surface area contributed by atoms with E-state index in [1.165, 1.54) is 6.07 Å². The van der Waals surface area contributed by atoms with E-state index in [0.29, 0.717) is 29.3 Å². The van der Waals surface area contributed by atoms with Crippen molar-refractivity contribution in [1.29, 1.82) is 5.41 Å². The fraction of sp³-hybridized carbons (Fsp3) is 0.130. The van der Waals surface area contributed by atoms with Gasteiger partial charge in [-0.3, -0.25) is 4.99 Å². The molecule has 2 rings (SSSR count). The predicted molar refractivity (Wildman–Crippen MR) is 115 cm³/mol. The molecule has 2 N–H and O–H groups in total. The smallest absolute Gasteiger partial charge is 0.128 e. The number of benzene rings is 2. The summed E-state index contributed by atoms with van der Waals surface area (Å²) in [6.45, 7) is 0.292. The maximum absolute atomic E-state index is 14.0. The van der Waals surface area contributed by atoms with Crippen LogP contribution in [0.15, 0.2) is 83.9 Å². The average Bonchev–Trinajstić information content (AvgIpc) is 2.72. The maximum Gasteiger partial charge on any atom is 0.128 e. The van der Waals surface area contributed by atoms with Crippen LogP contribution in [-0.2, 0) is 6.54 Å². The minimum atomic E-state index is -0.271. The van der Waals surface area contributed by atoms with Crippen molar-refractivity contribution < 1.29 is 9.13 Å². The number of nitrogens with one attached hydrogen (secondary N) is 2. The standard InChI is InChI=1S/C23H24FN3O/c1-26-15-9-3-4-11-19(25)16-22(20-12-6-8-14-23(20)28-2)27-17-18-10-5-7-13-21(18)24/h3-16,25,27H,17H2,1-2H3/b9-3-,11-4+,22-16-,25-19?,26-15-. The molecule has 0 aromatic heterocycles. The van der Waals surface area contributed by atoms with Gasteiger partial charge in [-0.05, 0) is 36.4 Å². The van der Waals surface area contributed by atoms with Crippen LogP contribution in [0.5, 0.6) is 5.75 Å². The molecular formula is C23H24FN3O. The molecular weight excluding hydrogens is 353 g/mol. The van der Waals surface area contributed by atoms with Crippen molar-refractivity contribution in [2.75, 3.05) is 14.2 Å². The third-order valence-corrected chi connectivity index (χ3v) is 3.86. The van der Waals surface area contributed by atoms with Gasteiger partial charge in [0.2, 0.25) is 0 Å². The second-order valence-corrected chi connectivity index (χ2v) is 5.81. The van der Waals surface area contributed by atoms with E-state index in [4.69, 9.17) is 10.1 Å². The first-order chi connectivity index (χ1) is 13.7. The summed E-state index contributed by atoms with van der Waals surface area (Å²) in [5.74, 6) is 0.401. The number of para-hydroxylation sites is 1. The van der Waals surface area contributed by atoms with Crippen LogP contribution >= 0.6 is 0 Å². The highest BCUT2D eigenvalue weighted by Crippen LogP contribution is 2.24. The van der Waals surface area contributed by atoms with Crippen molar-refractivity contribution in [3.63, 3.8) is 0 Å². The highest BCUT2D eigenvalue weighted by molar-refractivity contribution is 6.06. The summed E-state index contributed by atoms with van der Waals surface area (Å²) in [6, 6.07) is 14.1. The first kappa shape index (κ1) is 20.8. The van der Waals surface area contributed by atoms with E-state index in [1.807, 2.05) is 24.3 Å². The second-order valence-electron chi connectivity index (χ2n) is 5.81. The average molecular weight is 377 g/mol. The molecule has 0 aliphatic carbocycles. The van der Waals surface area contributed by atoms with Gasteiger partial charge in [-0.2, -0.15) is 0 Å². The molecule has 2 aromatic rings. The zero-order chi connectivity index (χ0) is 20.2. The lowest BCUT2D eigenvalue weighted by Gasteiger charge is -2.15. The molecule has 0 heterocycles. The third-order valence-electron chi connectivity index (χ3n) is 3.86. The van der Waals surface area contributed by atoms with Crippen molar-refractivity contribution in [2.45, 2.75) is 6.54 Å². The Morgan fingerprint density at radius 2 is 1.86 bits per heavy atom. The van der Waals surface area contributed by atoms with Crippen LogP contribution in [0.3, 0.4) is 0 Å². The molecule has 0 aliphatic rings. The van der Waals surface area contributed by atoms with Crippen molar-refractivity contribution >= 4 is 17.6 Å². The van der Waals surface area contributed by atoms with E-state index >= 15 is 0 Å². The number of ether oxygens (including phenoxy) is 1. The van der Waals surface area contributed by atoms with Gasteiger partial charge in [-0.15, -0.1) is 0 Å². The van der Waals surface area contributed by atoms with Gasteiger partial charge in [0.25, 0.3) is 0 Å². The van der Waals surface area contributed by atoms with Crippen LogP contribution in [0, 0.1) is 11.2 Å². The fourth-order valence-electron chi connectivity index (χ4n) is 2.49. The Hall–Kier alpha value is -3.47. The zero-order valence-electron chi connectivity index (χ0n) is 16.0. The topological polar surface area (TPSA) is 57.5 Å². The fourth-order valence-corrected chi connectivity index (χ4v) is 2.49.